The van der Waals surface area contributed by atoms with E-state index in [1.807, 2.05) is 44.2 Å². The third-order valence-corrected chi connectivity index (χ3v) is 5.83. The van der Waals surface area contributed by atoms with Crippen molar-refractivity contribution < 1.29 is 13.7 Å². The van der Waals surface area contributed by atoms with Crippen molar-refractivity contribution in [1.82, 2.24) is 20.1 Å². The summed E-state index contributed by atoms with van der Waals surface area (Å²) in [6.07, 6.45) is 2.40. The molecular weight excluding hydrogens is 483 g/mol. The van der Waals surface area contributed by atoms with Crippen molar-refractivity contribution in [3.05, 3.63) is 94.6 Å². The van der Waals surface area contributed by atoms with E-state index in [0.717, 1.165) is 28.6 Å². The van der Waals surface area contributed by atoms with Gasteiger partial charge < -0.3 is 15.2 Å². The van der Waals surface area contributed by atoms with Crippen LogP contribution in [0.5, 0.6) is 0 Å². The second-order valence-corrected chi connectivity index (χ2v) is 8.56. The van der Waals surface area contributed by atoms with Crippen LogP contribution < -0.4 is 10.6 Å². The van der Waals surface area contributed by atoms with Crippen LogP contribution in [0.15, 0.2) is 65.4 Å². The maximum Gasteiger partial charge on any atom is 0.293 e. The van der Waals surface area contributed by atoms with Crippen LogP contribution in [0.25, 0.3) is 22.0 Å². The summed E-state index contributed by atoms with van der Waals surface area (Å²) in [6.45, 7) is 4.12. The first kappa shape index (κ1) is 23.4. The van der Waals surface area contributed by atoms with Gasteiger partial charge in [-0.3, -0.25) is 9.78 Å². The highest BCUT2D eigenvalue weighted by molar-refractivity contribution is 6.30. The number of anilines is 2. The smallest absolute Gasteiger partial charge is 0.293 e. The molecule has 0 saturated heterocycles. The molecule has 5 aromatic rings. The first-order chi connectivity index (χ1) is 17.4. The summed E-state index contributed by atoms with van der Waals surface area (Å²) < 4.78 is 19.4. The molecule has 5 rings (SSSR count). The number of carbonyl (C=O) groups excluding carboxylic acids is 1. The number of pyridine rings is 1. The molecule has 2 N–H and O–H groups in total. The van der Waals surface area contributed by atoms with Gasteiger partial charge in [0, 0.05) is 28.7 Å². The minimum Gasteiger partial charge on any atom is -0.365 e. The van der Waals surface area contributed by atoms with E-state index in [4.69, 9.17) is 16.1 Å². The number of aryl methyl sites for hydroxylation is 2. The molecule has 0 aliphatic heterocycles. The van der Waals surface area contributed by atoms with Crippen molar-refractivity contribution in [2.45, 2.75) is 20.4 Å². The second-order valence-electron chi connectivity index (χ2n) is 8.12. The molecule has 0 atom stereocenters. The fraction of sp³-hybridized carbons (Fsp3) is 0.115. The Labute approximate surface area is 210 Å². The molecule has 2 aromatic carbocycles. The second kappa shape index (κ2) is 9.71. The molecule has 10 heteroatoms. The summed E-state index contributed by atoms with van der Waals surface area (Å²) in [7, 11) is 0. The molecule has 0 radical (unpaired) electrons. The van der Waals surface area contributed by atoms with E-state index in [9.17, 15) is 9.18 Å². The van der Waals surface area contributed by atoms with Gasteiger partial charge in [-0.25, -0.2) is 14.4 Å². The minimum atomic E-state index is -0.657. The molecule has 180 valence electrons. The Morgan fingerprint density at radius 3 is 2.72 bits per heavy atom. The minimum absolute atomic E-state index is 0.0131. The standard InChI is InChI=1S/C26H20ClFN6O2/c1-14-23(15(2)36-34-14)17-6-7-21-19(11-17)24(30-12-16-4-3-5-18(27)10-16)33-25(31-21)26(35)32-22-8-9-29-13-20(22)28/h3-11,13H,12H2,1-2H3,(H,29,32,35)(H,30,31,33). The molecular formula is C26H20ClFN6O2. The summed E-state index contributed by atoms with van der Waals surface area (Å²) in [5.74, 6) is -0.291. The summed E-state index contributed by atoms with van der Waals surface area (Å²) >= 11 is 6.13. The highest BCUT2D eigenvalue weighted by Crippen LogP contribution is 2.32. The van der Waals surface area contributed by atoms with E-state index < -0.39 is 11.7 Å². The predicted molar refractivity (Wildman–Crippen MR) is 135 cm³/mol. The van der Waals surface area contributed by atoms with Gasteiger partial charge in [0.25, 0.3) is 5.91 Å². The van der Waals surface area contributed by atoms with Gasteiger partial charge in [0.15, 0.2) is 5.82 Å². The highest BCUT2D eigenvalue weighted by atomic mass is 35.5. The number of carbonyl (C=O) groups is 1. The molecule has 1 amide bonds. The van der Waals surface area contributed by atoms with E-state index in [-0.39, 0.29) is 11.5 Å². The van der Waals surface area contributed by atoms with Crippen molar-refractivity contribution >= 4 is 39.9 Å². The van der Waals surface area contributed by atoms with Crippen LogP contribution in [0.2, 0.25) is 5.02 Å². The topological polar surface area (TPSA) is 106 Å². The van der Waals surface area contributed by atoms with Crippen LogP contribution in [-0.2, 0) is 6.54 Å². The third-order valence-electron chi connectivity index (χ3n) is 5.59. The summed E-state index contributed by atoms with van der Waals surface area (Å²) in [5, 5.41) is 11.1. The lowest BCUT2D eigenvalue weighted by atomic mass is 10.0. The van der Waals surface area contributed by atoms with Crippen LogP contribution >= 0.6 is 11.6 Å². The zero-order valence-electron chi connectivity index (χ0n) is 19.3. The van der Waals surface area contributed by atoms with Crippen molar-refractivity contribution in [2.24, 2.45) is 0 Å². The van der Waals surface area contributed by atoms with Gasteiger partial charge in [-0.1, -0.05) is 35.0 Å². The zero-order chi connectivity index (χ0) is 25.2. The Balaban J connectivity index is 1.57. The maximum atomic E-state index is 14.0. The zero-order valence-corrected chi connectivity index (χ0v) is 20.1. The molecule has 0 bridgehead atoms. The van der Waals surface area contributed by atoms with Crippen LogP contribution in [0.3, 0.4) is 0 Å². The normalized spacial score (nSPS) is 11.0. The molecule has 3 aromatic heterocycles. The third kappa shape index (κ3) is 4.73. The van der Waals surface area contributed by atoms with Crippen LogP contribution in [0.4, 0.5) is 15.9 Å². The Hall–Kier alpha value is -4.37. The molecule has 3 heterocycles. The van der Waals surface area contributed by atoms with Crippen molar-refractivity contribution in [3.63, 3.8) is 0 Å². The Morgan fingerprint density at radius 2 is 1.97 bits per heavy atom. The number of hydrogen-bond donors (Lipinski definition) is 2. The van der Waals surface area contributed by atoms with Gasteiger partial charge in [-0.05, 0) is 55.3 Å². The molecule has 0 saturated carbocycles. The summed E-state index contributed by atoms with van der Waals surface area (Å²) in [6, 6.07) is 14.4. The van der Waals surface area contributed by atoms with Gasteiger partial charge in [-0.15, -0.1) is 0 Å². The number of rotatable bonds is 6. The number of nitrogens with one attached hydrogen (secondary N) is 2. The predicted octanol–water partition coefficient (Wildman–Crippen LogP) is 5.95. The number of fused-ring (bicyclic) bond motifs is 1. The van der Waals surface area contributed by atoms with Crippen LogP contribution in [-0.4, -0.2) is 26.0 Å². The average Bonchev–Trinajstić information content (AvgIpc) is 3.21. The number of halogens is 2. The van der Waals surface area contributed by atoms with E-state index in [1.165, 1.54) is 12.3 Å². The van der Waals surface area contributed by atoms with Gasteiger partial charge in [0.05, 0.1) is 23.1 Å². The summed E-state index contributed by atoms with van der Waals surface area (Å²) in [5.41, 5.74) is 3.98. The molecule has 0 fully saturated rings. The first-order valence-electron chi connectivity index (χ1n) is 11.0. The molecule has 36 heavy (non-hydrogen) atoms. The Morgan fingerprint density at radius 1 is 1.11 bits per heavy atom. The number of benzene rings is 2. The molecule has 8 nitrogen and oxygen atoms in total. The monoisotopic (exact) mass is 502 g/mol. The fourth-order valence-electron chi connectivity index (χ4n) is 3.90. The molecule has 0 aliphatic rings. The van der Waals surface area contributed by atoms with Crippen molar-refractivity contribution in [2.75, 3.05) is 10.6 Å². The number of amides is 1. The van der Waals surface area contributed by atoms with E-state index in [0.29, 0.717) is 34.0 Å². The SMILES string of the molecule is Cc1noc(C)c1-c1ccc2nc(C(=O)Nc3ccncc3F)nc(NCc3cccc(Cl)c3)c2c1. The number of aromatic nitrogens is 4. The molecule has 0 spiro atoms. The lowest BCUT2D eigenvalue weighted by molar-refractivity contribution is 0.101. The maximum absolute atomic E-state index is 14.0. The lowest BCUT2D eigenvalue weighted by Crippen LogP contribution is -2.18. The van der Waals surface area contributed by atoms with Crippen molar-refractivity contribution in [1.29, 1.82) is 0 Å². The van der Waals surface area contributed by atoms with Gasteiger partial charge in [0.1, 0.15) is 11.6 Å². The summed E-state index contributed by atoms with van der Waals surface area (Å²) in [4.78, 5) is 25.6. The van der Waals surface area contributed by atoms with Crippen LogP contribution in [0.1, 0.15) is 27.6 Å². The van der Waals surface area contributed by atoms with Gasteiger partial charge in [0.2, 0.25) is 5.82 Å². The van der Waals surface area contributed by atoms with Gasteiger partial charge in [-0.2, -0.15) is 0 Å². The highest BCUT2D eigenvalue weighted by Gasteiger charge is 2.18. The number of hydrogen-bond acceptors (Lipinski definition) is 7. The average molecular weight is 503 g/mol. The lowest BCUT2D eigenvalue weighted by Gasteiger charge is -2.13. The fourth-order valence-corrected chi connectivity index (χ4v) is 4.12. The largest absolute Gasteiger partial charge is 0.365 e. The van der Waals surface area contributed by atoms with Crippen molar-refractivity contribution in [3.8, 4) is 11.1 Å². The molecule has 0 unspecified atom stereocenters. The Kier molecular flexibility index (Phi) is 6.30. The Bertz CT molecular complexity index is 1580. The van der Waals surface area contributed by atoms with E-state index >= 15 is 0 Å². The van der Waals surface area contributed by atoms with Crippen LogP contribution in [0, 0.1) is 19.7 Å². The van der Waals surface area contributed by atoms with Gasteiger partial charge >= 0.3 is 0 Å². The molecule has 0 aliphatic carbocycles. The first-order valence-corrected chi connectivity index (χ1v) is 11.4. The quantitative estimate of drug-likeness (QED) is 0.295. The van der Waals surface area contributed by atoms with E-state index in [1.54, 1.807) is 12.1 Å². The number of nitrogens with zero attached hydrogens (tertiary/aromatic N) is 4. The van der Waals surface area contributed by atoms with E-state index in [2.05, 4.69) is 30.7 Å².